The lowest BCUT2D eigenvalue weighted by atomic mass is 9.92. The van der Waals surface area contributed by atoms with Gasteiger partial charge in [-0.1, -0.05) is 25.4 Å². The van der Waals surface area contributed by atoms with Crippen LogP contribution >= 0.6 is 11.6 Å². The standard InChI is InChI=1S/C15H18ClF3N2O2/c1-9-3-10(2)6-20(5-9)13(22)8-21-7-11(15(17,18)19)4-12(16)14(21)23/h4,7,9-10H,3,5-6,8H2,1-2H3. The summed E-state index contributed by atoms with van der Waals surface area (Å²) in [4.78, 5) is 25.8. The van der Waals surface area contributed by atoms with Crippen molar-refractivity contribution >= 4 is 17.5 Å². The molecule has 0 saturated carbocycles. The maximum Gasteiger partial charge on any atom is 0.417 e. The normalized spacial score (nSPS) is 22.3. The van der Waals surface area contributed by atoms with E-state index in [1.807, 2.05) is 13.8 Å². The largest absolute Gasteiger partial charge is 0.417 e. The fourth-order valence-electron chi connectivity index (χ4n) is 2.98. The zero-order valence-corrected chi connectivity index (χ0v) is 13.6. The SMILES string of the molecule is CC1CC(C)CN(C(=O)Cn2cc(C(F)(F)F)cc(Cl)c2=O)C1. The fourth-order valence-corrected chi connectivity index (χ4v) is 3.21. The van der Waals surface area contributed by atoms with Crippen molar-refractivity contribution in [3.05, 3.63) is 33.2 Å². The number of hydrogen-bond acceptors (Lipinski definition) is 2. The lowest BCUT2D eigenvalue weighted by Crippen LogP contribution is -2.45. The zero-order valence-electron chi connectivity index (χ0n) is 12.9. The molecule has 2 unspecified atom stereocenters. The summed E-state index contributed by atoms with van der Waals surface area (Å²) in [6.07, 6.45) is -2.99. The van der Waals surface area contributed by atoms with Crippen molar-refractivity contribution in [1.29, 1.82) is 0 Å². The topological polar surface area (TPSA) is 42.3 Å². The van der Waals surface area contributed by atoms with Gasteiger partial charge in [0.1, 0.15) is 11.6 Å². The van der Waals surface area contributed by atoms with Crippen molar-refractivity contribution in [2.45, 2.75) is 33.0 Å². The highest BCUT2D eigenvalue weighted by Crippen LogP contribution is 2.29. The van der Waals surface area contributed by atoms with E-state index in [0.717, 1.165) is 11.0 Å². The Morgan fingerprint density at radius 2 is 1.87 bits per heavy atom. The number of pyridine rings is 1. The Bertz CT molecular complexity index is 647. The van der Waals surface area contributed by atoms with Gasteiger partial charge in [-0.05, 0) is 24.3 Å². The summed E-state index contributed by atoms with van der Waals surface area (Å²) in [6.45, 7) is 4.68. The lowest BCUT2D eigenvalue weighted by Gasteiger charge is -2.35. The fraction of sp³-hybridized carbons (Fsp3) is 0.600. The number of halogens is 4. The highest BCUT2D eigenvalue weighted by molar-refractivity contribution is 6.30. The number of alkyl halides is 3. The molecule has 1 aromatic rings. The third-order valence-corrected chi connectivity index (χ3v) is 4.17. The summed E-state index contributed by atoms with van der Waals surface area (Å²) in [5, 5.41) is -0.548. The smallest absolute Gasteiger partial charge is 0.341 e. The summed E-state index contributed by atoms with van der Waals surface area (Å²) < 4.78 is 39.1. The Morgan fingerprint density at radius 3 is 2.39 bits per heavy atom. The molecule has 0 bridgehead atoms. The van der Waals surface area contributed by atoms with Gasteiger partial charge in [-0.2, -0.15) is 13.2 Å². The van der Waals surface area contributed by atoms with Gasteiger partial charge in [0, 0.05) is 19.3 Å². The maximum atomic E-state index is 12.8. The highest BCUT2D eigenvalue weighted by atomic mass is 35.5. The molecule has 1 fully saturated rings. The van der Waals surface area contributed by atoms with Crippen LogP contribution in [-0.4, -0.2) is 28.5 Å². The van der Waals surface area contributed by atoms with Crippen LogP contribution in [0.1, 0.15) is 25.8 Å². The number of carbonyl (C=O) groups excluding carboxylic acids is 1. The second kappa shape index (κ2) is 6.55. The first-order valence-electron chi connectivity index (χ1n) is 7.33. The minimum atomic E-state index is -4.63. The molecule has 8 heteroatoms. The van der Waals surface area contributed by atoms with E-state index in [1.165, 1.54) is 0 Å². The first-order valence-corrected chi connectivity index (χ1v) is 7.70. The van der Waals surface area contributed by atoms with Crippen LogP contribution in [-0.2, 0) is 17.5 Å². The summed E-state index contributed by atoms with van der Waals surface area (Å²) >= 11 is 5.58. The number of piperidine rings is 1. The van der Waals surface area contributed by atoms with Gasteiger partial charge in [-0.25, -0.2) is 0 Å². The third kappa shape index (κ3) is 4.28. The number of likely N-dealkylation sites (tertiary alicyclic amines) is 1. The molecule has 2 rings (SSSR count). The predicted octanol–water partition coefficient (Wildman–Crippen LogP) is 3.03. The van der Waals surface area contributed by atoms with Gasteiger partial charge in [0.05, 0.1) is 5.56 Å². The molecule has 0 radical (unpaired) electrons. The van der Waals surface area contributed by atoms with Crippen LogP contribution in [0.3, 0.4) is 0 Å². The monoisotopic (exact) mass is 350 g/mol. The van der Waals surface area contributed by atoms with Gasteiger partial charge in [0.2, 0.25) is 5.91 Å². The van der Waals surface area contributed by atoms with E-state index >= 15 is 0 Å². The van der Waals surface area contributed by atoms with E-state index in [2.05, 4.69) is 0 Å². The van der Waals surface area contributed by atoms with E-state index in [0.29, 0.717) is 37.2 Å². The highest BCUT2D eigenvalue weighted by Gasteiger charge is 2.32. The van der Waals surface area contributed by atoms with Crippen molar-refractivity contribution < 1.29 is 18.0 Å². The maximum absolute atomic E-state index is 12.8. The molecule has 0 aliphatic carbocycles. The molecule has 0 N–H and O–H groups in total. The second-order valence-electron chi connectivity index (χ2n) is 6.25. The average Bonchev–Trinajstić information content (AvgIpc) is 2.41. The Morgan fingerprint density at radius 1 is 1.30 bits per heavy atom. The molecule has 23 heavy (non-hydrogen) atoms. The summed E-state index contributed by atoms with van der Waals surface area (Å²) in [5.41, 5.74) is -1.85. The molecular weight excluding hydrogens is 333 g/mol. The molecule has 1 aliphatic heterocycles. The minimum absolute atomic E-state index is 0.324. The van der Waals surface area contributed by atoms with Gasteiger partial charge in [-0.15, -0.1) is 0 Å². The Hall–Kier alpha value is -1.50. The molecule has 2 atom stereocenters. The van der Waals surface area contributed by atoms with Crippen molar-refractivity contribution in [1.82, 2.24) is 9.47 Å². The van der Waals surface area contributed by atoms with E-state index in [4.69, 9.17) is 11.6 Å². The lowest BCUT2D eigenvalue weighted by molar-refractivity contribution is -0.139. The number of aromatic nitrogens is 1. The van der Waals surface area contributed by atoms with E-state index in [9.17, 15) is 22.8 Å². The Labute approximate surface area is 136 Å². The van der Waals surface area contributed by atoms with Crippen LogP contribution in [0.15, 0.2) is 17.1 Å². The van der Waals surface area contributed by atoms with Crippen molar-refractivity contribution in [3.8, 4) is 0 Å². The van der Waals surface area contributed by atoms with Crippen molar-refractivity contribution in [2.75, 3.05) is 13.1 Å². The molecule has 1 aromatic heterocycles. The van der Waals surface area contributed by atoms with Crippen LogP contribution in [0.2, 0.25) is 5.02 Å². The number of amides is 1. The van der Waals surface area contributed by atoms with Gasteiger partial charge in [-0.3, -0.25) is 9.59 Å². The number of carbonyl (C=O) groups is 1. The van der Waals surface area contributed by atoms with Crippen LogP contribution < -0.4 is 5.56 Å². The van der Waals surface area contributed by atoms with E-state index < -0.39 is 28.9 Å². The number of rotatable bonds is 2. The zero-order chi connectivity index (χ0) is 17.4. The van der Waals surface area contributed by atoms with Crippen LogP contribution in [0.4, 0.5) is 13.2 Å². The molecule has 1 saturated heterocycles. The number of hydrogen-bond donors (Lipinski definition) is 0. The van der Waals surface area contributed by atoms with Gasteiger partial charge >= 0.3 is 6.18 Å². The van der Waals surface area contributed by atoms with Crippen LogP contribution in [0.5, 0.6) is 0 Å². The number of nitrogens with zero attached hydrogens (tertiary/aromatic N) is 2. The van der Waals surface area contributed by atoms with Crippen LogP contribution in [0, 0.1) is 11.8 Å². The predicted molar refractivity (Wildman–Crippen MR) is 80.2 cm³/mol. The average molecular weight is 351 g/mol. The quantitative estimate of drug-likeness (QED) is 0.822. The van der Waals surface area contributed by atoms with Crippen LogP contribution in [0.25, 0.3) is 0 Å². The van der Waals surface area contributed by atoms with Crippen molar-refractivity contribution in [2.24, 2.45) is 11.8 Å². The van der Waals surface area contributed by atoms with E-state index in [1.54, 1.807) is 4.90 Å². The summed E-state index contributed by atoms with van der Waals surface area (Å²) in [5.74, 6) is 0.273. The molecule has 1 aliphatic rings. The van der Waals surface area contributed by atoms with E-state index in [-0.39, 0.29) is 5.91 Å². The van der Waals surface area contributed by atoms with Gasteiger partial charge < -0.3 is 9.47 Å². The van der Waals surface area contributed by atoms with Gasteiger partial charge in [0.15, 0.2) is 0 Å². The van der Waals surface area contributed by atoms with Gasteiger partial charge in [0.25, 0.3) is 5.56 Å². The molecule has 4 nitrogen and oxygen atoms in total. The molecule has 0 spiro atoms. The first-order chi connectivity index (χ1) is 10.6. The first kappa shape index (κ1) is 17.8. The Balaban J connectivity index is 2.24. The molecule has 1 amide bonds. The molecule has 128 valence electrons. The molecule has 2 heterocycles. The summed E-state index contributed by atoms with van der Waals surface area (Å²) in [7, 11) is 0. The molecular formula is C15H18ClF3N2O2. The molecule has 0 aromatic carbocycles. The minimum Gasteiger partial charge on any atom is -0.341 e. The summed E-state index contributed by atoms with van der Waals surface area (Å²) in [6, 6.07) is 0.579. The third-order valence-electron chi connectivity index (χ3n) is 3.90. The Kier molecular flexibility index (Phi) is 5.08. The second-order valence-corrected chi connectivity index (χ2v) is 6.66. The van der Waals surface area contributed by atoms with Crippen molar-refractivity contribution in [3.63, 3.8) is 0 Å².